The highest BCUT2D eigenvalue weighted by molar-refractivity contribution is 5.43. The SMILES string of the molecule is Cc1cc([N+](=O)[O-])ccc1OC1CCCCC1O. The molecule has 5 nitrogen and oxygen atoms in total. The molecular formula is C13H17NO4. The Labute approximate surface area is 106 Å². The number of aliphatic hydroxyl groups is 1. The van der Waals surface area contributed by atoms with Gasteiger partial charge in [-0.2, -0.15) is 0 Å². The number of aliphatic hydroxyl groups excluding tert-OH is 1. The second-order valence-electron chi connectivity index (χ2n) is 4.72. The van der Waals surface area contributed by atoms with E-state index in [-0.39, 0.29) is 11.8 Å². The lowest BCUT2D eigenvalue weighted by atomic mass is 9.95. The van der Waals surface area contributed by atoms with Crippen LogP contribution in [0.15, 0.2) is 18.2 Å². The minimum atomic E-state index is -0.437. The van der Waals surface area contributed by atoms with E-state index in [0.29, 0.717) is 5.75 Å². The molecule has 1 aromatic carbocycles. The lowest BCUT2D eigenvalue weighted by molar-refractivity contribution is -0.384. The van der Waals surface area contributed by atoms with Gasteiger partial charge in [-0.25, -0.2) is 0 Å². The molecule has 98 valence electrons. The average molecular weight is 251 g/mol. The quantitative estimate of drug-likeness (QED) is 0.662. The normalized spacial score (nSPS) is 23.7. The molecule has 1 fully saturated rings. The summed E-state index contributed by atoms with van der Waals surface area (Å²) in [6, 6.07) is 4.52. The molecule has 0 amide bonds. The molecule has 2 atom stereocenters. The lowest BCUT2D eigenvalue weighted by Crippen LogP contribution is -2.34. The molecule has 1 aromatic rings. The molecule has 0 bridgehead atoms. The molecule has 5 heteroatoms. The van der Waals surface area contributed by atoms with E-state index in [2.05, 4.69) is 0 Å². The van der Waals surface area contributed by atoms with Gasteiger partial charge in [0.1, 0.15) is 11.9 Å². The van der Waals surface area contributed by atoms with Crippen molar-refractivity contribution in [1.29, 1.82) is 0 Å². The highest BCUT2D eigenvalue weighted by atomic mass is 16.6. The van der Waals surface area contributed by atoms with Crippen LogP contribution in [0, 0.1) is 17.0 Å². The van der Waals surface area contributed by atoms with Crippen LogP contribution in [0.5, 0.6) is 5.75 Å². The maximum absolute atomic E-state index is 10.6. The number of ether oxygens (including phenoxy) is 1. The Morgan fingerprint density at radius 2 is 2.11 bits per heavy atom. The molecule has 0 radical (unpaired) electrons. The minimum Gasteiger partial charge on any atom is -0.487 e. The summed E-state index contributed by atoms with van der Waals surface area (Å²) in [7, 11) is 0. The lowest BCUT2D eigenvalue weighted by Gasteiger charge is -2.28. The van der Waals surface area contributed by atoms with Crippen molar-refractivity contribution in [2.24, 2.45) is 0 Å². The van der Waals surface area contributed by atoms with Crippen molar-refractivity contribution in [2.45, 2.75) is 44.8 Å². The van der Waals surface area contributed by atoms with E-state index in [4.69, 9.17) is 4.74 Å². The average Bonchev–Trinajstić information content (AvgIpc) is 2.34. The number of nitrogens with zero attached hydrogens (tertiary/aromatic N) is 1. The van der Waals surface area contributed by atoms with Gasteiger partial charge in [-0.1, -0.05) is 6.42 Å². The first-order chi connectivity index (χ1) is 8.58. The van der Waals surface area contributed by atoms with Gasteiger partial charge in [-0.05, 0) is 37.8 Å². The van der Waals surface area contributed by atoms with Crippen LogP contribution in [-0.4, -0.2) is 22.2 Å². The summed E-state index contributed by atoms with van der Waals surface area (Å²) in [5, 5.41) is 20.5. The highest BCUT2D eigenvalue weighted by Gasteiger charge is 2.25. The molecule has 2 rings (SSSR count). The van der Waals surface area contributed by atoms with E-state index in [1.807, 2.05) is 0 Å². The number of hydrogen-bond acceptors (Lipinski definition) is 4. The number of non-ortho nitro benzene ring substituents is 1. The van der Waals surface area contributed by atoms with Gasteiger partial charge in [0.15, 0.2) is 0 Å². The van der Waals surface area contributed by atoms with Gasteiger partial charge in [0.05, 0.1) is 11.0 Å². The van der Waals surface area contributed by atoms with Crippen LogP contribution in [0.3, 0.4) is 0 Å². The van der Waals surface area contributed by atoms with Crippen LogP contribution in [0.25, 0.3) is 0 Å². The molecular weight excluding hydrogens is 234 g/mol. The summed E-state index contributed by atoms with van der Waals surface area (Å²) >= 11 is 0. The Morgan fingerprint density at radius 3 is 2.72 bits per heavy atom. The maximum atomic E-state index is 10.6. The Bertz CT molecular complexity index is 447. The fourth-order valence-electron chi connectivity index (χ4n) is 2.26. The van der Waals surface area contributed by atoms with E-state index >= 15 is 0 Å². The summed E-state index contributed by atoms with van der Waals surface area (Å²) in [6.07, 6.45) is 3.04. The van der Waals surface area contributed by atoms with E-state index in [1.165, 1.54) is 12.1 Å². The van der Waals surface area contributed by atoms with Crippen LogP contribution >= 0.6 is 0 Å². The molecule has 1 aliphatic carbocycles. The topological polar surface area (TPSA) is 72.6 Å². The van der Waals surface area contributed by atoms with Crippen molar-refractivity contribution < 1.29 is 14.8 Å². The van der Waals surface area contributed by atoms with Gasteiger partial charge < -0.3 is 9.84 Å². The third kappa shape index (κ3) is 2.79. The van der Waals surface area contributed by atoms with Gasteiger partial charge in [0, 0.05) is 12.1 Å². The first-order valence-corrected chi connectivity index (χ1v) is 6.17. The summed E-state index contributed by atoms with van der Waals surface area (Å²) in [4.78, 5) is 10.2. The van der Waals surface area contributed by atoms with Crippen LogP contribution in [-0.2, 0) is 0 Å². The molecule has 1 aliphatic rings. The van der Waals surface area contributed by atoms with Crippen molar-refractivity contribution in [3.8, 4) is 5.75 Å². The predicted molar refractivity (Wildman–Crippen MR) is 66.7 cm³/mol. The van der Waals surface area contributed by atoms with Crippen LogP contribution in [0.2, 0.25) is 0 Å². The number of benzene rings is 1. The van der Waals surface area contributed by atoms with Crippen molar-refractivity contribution in [1.82, 2.24) is 0 Å². The molecule has 1 N–H and O–H groups in total. The molecule has 0 aromatic heterocycles. The zero-order valence-electron chi connectivity index (χ0n) is 10.3. The van der Waals surface area contributed by atoms with Gasteiger partial charge in [-0.3, -0.25) is 10.1 Å². The molecule has 18 heavy (non-hydrogen) atoms. The van der Waals surface area contributed by atoms with E-state index in [9.17, 15) is 15.2 Å². The third-order valence-electron chi connectivity index (χ3n) is 3.32. The van der Waals surface area contributed by atoms with Crippen LogP contribution in [0.4, 0.5) is 5.69 Å². The number of rotatable bonds is 3. The maximum Gasteiger partial charge on any atom is 0.269 e. The predicted octanol–water partition coefficient (Wildman–Crippen LogP) is 2.59. The first-order valence-electron chi connectivity index (χ1n) is 6.17. The smallest absolute Gasteiger partial charge is 0.269 e. The van der Waals surface area contributed by atoms with E-state index < -0.39 is 11.0 Å². The Balaban J connectivity index is 2.11. The van der Waals surface area contributed by atoms with Gasteiger partial charge in [0.2, 0.25) is 0 Å². The standard InChI is InChI=1S/C13H17NO4/c1-9-8-10(14(16)17)6-7-12(9)18-13-5-3-2-4-11(13)15/h6-8,11,13,15H,2-5H2,1H3. The number of nitro benzene ring substituents is 1. The molecule has 2 unspecified atom stereocenters. The summed E-state index contributed by atoms with van der Waals surface area (Å²) in [6.45, 7) is 1.78. The Morgan fingerprint density at radius 1 is 1.39 bits per heavy atom. The number of aryl methyl sites for hydroxylation is 1. The van der Waals surface area contributed by atoms with Crippen molar-refractivity contribution in [2.75, 3.05) is 0 Å². The van der Waals surface area contributed by atoms with Crippen molar-refractivity contribution in [3.63, 3.8) is 0 Å². The molecule has 1 saturated carbocycles. The molecule has 0 saturated heterocycles. The van der Waals surface area contributed by atoms with E-state index in [1.54, 1.807) is 13.0 Å². The summed E-state index contributed by atoms with van der Waals surface area (Å²) in [5.74, 6) is 0.617. The fourth-order valence-corrected chi connectivity index (χ4v) is 2.26. The molecule has 0 aliphatic heterocycles. The molecule has 0 spiro atoms. The minimum absolute atomic E-state index is 0.0593. The van der Waals surface area contributed by atoms with Crippen molar-refractivity contribution in [3.05, 3.63) is 33.9 Å². The Hall–Kier alpha value is -1.62. The van der Waals surface area contributed by atoms with Crippen LogP contribution in [0.1, 0.15) is 31.2 Å². The second-order valence-corrected chi connectivity index (χ2v) is 4.72. The monoisotopic (exact) mass is 251 g/mol. The second kappa shape index (κ2) is 5.35. The van der Waals surface area contributed by atoms with E-state index in [0.717, 1.165) is 31.2 Å². The highest BCUT2D eigenvalue weighted by Crippen LogP contribution is 2.28. The fraction of sp³-hybridized carbons (Fsp3) is 0.538. The van der Waals surface area contributed by atoms with Crippen LogP contribution < -0.4 is 4.74 Å². The zero-order chi connectivity index (χ0) is 13.1. The van der Waals surface area contributed by atoms with Gasteiger partial charge in [0.25, 0.3) is 5.69 Å². The zero-order valence-corrected chi connectivity index (χ0v) is 10.3. The number of hydrogen-bond donors (Lipinski definition) is 1. The third-order valence-corrected chi connectivity index (χ3v) is 3.32. The molecule has 0 heterocycles. The van der Waals surface area contributed by atoms with Gasteiger partial charge in [-0.15, -0.1) is 0 Å². The number of nitro groups is 1. The Kier molecular flexibility index (Phi) is 3.81. The largest absolute Gasteiger partial charge is 0.487 e. The van der Waals surface area contributed by atoms with Gasteiger partial charge >= 0.3 is 0 Å². The first kappa shape index (κ1) is 12.8. The summed E-state index contributed by atoms with van der Waals surface area (Å²) < 4.78 is 5.76. The van der Waals surface area contributed by atoms with Crippen molar-refractivity contribution >= 4 is 5.69 Å². The summed E-state index contributed by atoms with van der Waals surface area (Å²) in [5.41, 5.74) is 0.783.